The fraction of sp³-hybridized carbons (Fsp3) is 0.294. The van der Waals surface area contributed by atoms with E-state index in [4.69, 9.17) is 5.41 Å². The van der Waals surface area contributed by atoms with Gasteiger partial charge in [0.05, 0.1) is 18.3 Å². The summed E-state index contributed by atoms with van der Waals surface area (Å²) in [5.74, 6) is -0.250. The van der Waals surface area contributed by atoms with Gasteiger partial charge in [0.25, 0.3) is 0 Å². The van der Waals surface area contributed by atoms with Gasteiger partial charge in [0, 0.05) is 18.0 Å². The first kappa shape index (κ1) is 14.5. The lowest BCUT2D eigenvalue weighted by molar-refractivity contribution is 0.318. The van der Waals surface area contributed by atoms with Crippen LogP contribution in [-0.4, -0.2) is 28.0 Å². The first-order chi connectivity index (χ1) is 11.1. The number of nitrogens with one attached hydrogen (secondary N) is 1. The van der Waals surface area contributed by atoms with Crippen molar-refractivity contribution in [1.82, 2.24) is 14.5 Å². The van der Waals surface area contributed by atoms with E-state index < -0.39 is 0 Å². The number of rotatable bonds is 2. The maximum absolute atomic E-state index is 13.4. The summed E-state index contributed by atoms with van der Waals surface area (Å²) in [6, 6.07) is 6.51. The average Bonchev–Trinajstić information content (AvgIpc) is 2.88. The zero-order valence-electron chi connectivity index (χ0n) is 12.8. The Hall–Kier alpha value is -2.05. The first-order valence-electron chi connectivity index (χ1n) is 7.59. The summed E-state index contributed by atoms with van der Waals surface area (Å²) in [4.78, 5) is 9.09. The Bertz CT molecular complexity index is 943. The summed E-state index contributed by atoms with van der Waals surface area (Å²) < 4.78 is 15.2. The highest BCUT2D eigenvalue weighted by molar-refractivity contribution is 7.18. The Balaban J connectivity index is 1.80. The molecule has 0 saturated carbocycles. The number of thiophene rings is 1. The molecule has 23 heavy (non-hydrogen) atoms. The van der Waals surface area contributed by atoms with E-state index in [2.05, 4.69) is 16.9 Å². The van der Waals surface area contributed by atoms with Crippen molar-refractivity contribution >= 4 is 21.6 Å². The van der Waals surface area contributed by atoms with Gasteiger partial charge >= 0.3 is 0 Å². The SMILES string of the molecule is CN1CCc2c(sc3ncn(Cc4cccc(F)c4)c(=N)c23)C1. The number of benzene rings is 1. The second-order valence-electron chi connectivity index (χ2n) is 6.02. The minimum absolute atomic E-state index is 0.250. The molecule has 0 amide bonds. The molecule has 2 aromatic heterocycles. The lowest BCUT2D eigenvalue weighted by Crippen LogP contribution is -2.27. The predicted molar refractivity (Wildman–Crippen MR) is 89.0 cm³/mol. The molecule has 0 unspecified atom stereocenters. The molecule has 3 heterocycles. The lowest BCUT2D eigenvalue weighted by Gasteiger charge is -2.22. The molecule has 118 valence electrons. The van der Waals surface area contributed by atoms with Gasteiger partial charge in [0.1, 0.15) is 16.1 Å². The second-order valence-corrected chi connectivity index (χ2v) is 7.11. The van der Waals surface area contributed by atoms with Gasteiger partial charge in [-0.25, -0.2) is 9.37 Å². The number of halogens is 1. The van der Waals surface area contributed by atoms with E-state index in [1.807, 2.05) is 6.07 Å². The van der Waals surface area contributed by atoms with Crippen molar-refractivity contribution in [1.29, 1.82) is 5.41 Å². The van der Waals surface area contributed by atoms with Crippen LogP contribution >= 0.6 is 11.3 Å². The molecule has 0 saturated heterocycles. The highest BCUT2D eigenvalue weighted by Crippen LogP contribution is 2.31. The van der Waals surface area contributed by atoms with Crippen LogP contribution in [0.4, 0.5) is 4.39 Å². The van der Waals surface area contributed by atoms with E-state index in [1.165, 1.54) is 22.6 Å². The van der Waals surface area contributed by atoms with Gasteiger partial charge in [-0.05, 0) is 36.7 Å². The summed E-state index contributed by atoms with van der Waals surface area (Å²) >= 11 is 1.69. The van der Waals surface area contributed by atoms with E-state index in [-0.39, 0.29) is 5.82 Å². The van der Waals surface area contributed by atoms with Crippen LogP contribution in [0.25, 0.3) is 10.2 Å². The van der Waals surface area contributed by atoms with Crippen LogP contribution in [0.2, 0.25) is 0 Å². The van der Waals surface area contributed by atoms with Crippen LogP contribution in [0, 0.1) is 11.2 Å². The Labute approximate surface area is 137 Å². The van der Waals surface area contributed by atoms with Crippen molar-refractivity contribution in [2.45, 2.75) is 19.5 Å². The van der Waals surface area contributed by atoms with Crippen molar-refractivity contribution in [2.75, 3.05) is 13.6 Å². The molecular formula is C17H17FN4S. The number of likely N-dealkylation sites (N-methyl/N-ethyl adjacent to an activating group) is 1. The molecule has 4 nitrogen and oxygen atoms in total. The smallest absolute Gasteiger partial charge is 0.136 e. The summed E-state index contributed by atoms with van der Waals surface area (Å²) in [5.41, 5.74) is 2.59. The molecule has 4 rings (SSSR count). The Kier molecular flexibility index (Phi) is 3.50. The Morgan fingerprint density at radius 3 is 3.09 bits per heavy atom. The molecule has 0 atom stereocenters. The lowest BCUT2D eigenvalue weighted by atomic mass is 10.1. The fourth-order valence-corrected chi connectivity index (χ4v) is 4.39. The largest absolute Gasteiger partial charge is 0.312 e. The minimum atomic E-state index is -0.250. The van der Waals surface area contributed by atoms with Crippen molar-refractivity contribution in [2.24, 2.45) is 0 Å². The number of hydrogen-bond donors (Lipinski definition) is 1. The molecule has 0 spiro atoms. The number of hydrogen-bond acceptors (Lipinski definition) is 4. The molecule has 0 bridgehead atoms. The highest BCUT2D eigenvalue weighted by atomic mass is 32.1. The van der Waals surface area contributed by atoms with Crippen molar-refractivity contribution in [3.8, 4) is 0 Å². The van der Waals surface area contributed by atoms with E-state index in [1.54, 1.807) is 28.3 Å². The van der Waals surface area contributed by atoms with Gasteiger partial charge in [-0.3, -0.25) is 5.41 Å². The quantitative estimate of drug-likeness (QED) is 0.786. The van der Waals surface area contributed by atoms with Crippen LogP contribution < -0.4 is 5.49 Å². The molecule has 1 N–H and O–H groups in total. The molecule has 0 radical (unpaired) electrons. The zero-order chi connectivity index (χ0) is 16.0. The van der Waals surface area contributed by atoms with E-state index >= 15 is 0 Å². The maximum atomic E-state index is 13.4. The van der Waals surface area contributed by atoms with E-state index in [0.29, 0.717) is 12.0 Å². The van der Waals surface area contributed by atoms with Gasteiger partial charge in [-0.2, -0.15) is 0 Å². The van der Waals surface area contributed by atoms with Gasteiger partial charge in [0.15, 0.2) is 0 Å². The summed E-state index contributed by atoms with van der Waals surface area (Å²) in [6.45, 7) is 2.40. The third-order valence-electron chi connectivity index (χ3n) is 4.31. The third kappa shape index (κ3) is 2.58. The number of nitrogens with zero attached hydrogens (tertiary/aromatic N) is 3. The predicted octanol–water partition coefficient (Wildman–Crippen LogP) is 2.75. The summed E-state index contributed by atoms with van der Waals surface area (Å²) in [7, 11) is 2.12. The zero-order valence-corrected chi connectivity index (χ0v) is 13.7. The molecule has 0 fully saturated rings. The van der Waals surface area contributed by atoms with Crippen LogP contribution in [0.1, 0.15) is 16.0 Å². The molecule has 1 aliphatic heterocycles. The third-order valence-corrected chi connectivity index (χ3v) is 5.43. The van der Waals surface area contributed by atoms with Gasteiger partial charge in [-0.1, -0.05) is 12.1 Å². The molecule has 3 aromatic rings. The number of fused-ring (bicyclic) bond motifs is 3. The normalized spacial score (nSPS) is 15.0. The summed E-state index contributed by atoms with van der Waals surface area (Å²) in [5, 5.41) is 9.54. The van der Waals surface area contributed by atoms with Crippen molar-refractivity contribution in [3.05, 3.63) is 57.9 Å². The average molecular weight is 328 g/mol. The van der Waals surface area contributed by atoms with Crippen molar-refractivity contribution < 1.29 is 4.39 Å². The second kappa shape index (κ2) is 5.54. The first-order valence-corrected chi connectivity index (χ1v) is 8.41. The van der Waals surface area contributed by atoms with Crippen LogP contribution in [0.5, 0.6) is 0 Å². The minimum Gasteiger partial charge on any atom is -0.312 e. The van der Waals surface area contributed by atoms with Crippen LogP contribution in [-0.2, 0) is 19.5 Å². The molecule has 0 aliphatic carbocycles. The molecule has 1 aromatic carbocycles. The van der Waals surface area contributed by atoms with Crippen LogP contribution in [0.15, 0.2) is 30.6 Å². The van der Waals surface area contributed by atoms with Gasteiger partial charge in [-0.15, -0.1) is 11.3 Å². The van der Waals surface area contributed by atoms with Gasteiger partial charge in [0.2, 0.25) is 0 Å². The van der Waals surface area contributed by atoms with Gasteiger partial charge < -0.3 is 9.47 Å². The maximum Gasteiger partial charge on any atom is 0.136 e. The number of aromatic nitrogens is 2. The fourth-order valence-electron chi connectivity index (χ4n) is 3.13. The molecular weight excluding hydrogens is 311 g/mol. The highest BCUT2D eigenvalue weighted by Gasteiger charge is 2.21. The monoisotopic (exact) mass is 328 g/mol. The van der Waals surface area contributed by atoms with Crippen LogP contribution in [0.3, 0.4) is 0 Å². The summed E-state index contributed by atoms with van der Waals surface area (Å²) in [6.07, 6.45) is 2.66. The topological polar surface area (TPSA) is 44.9 Å². The molecule has 1 aliphatic rings. The Morgan fingerprint density at radius 1 is 1.39 bits per heavy atom. The standard InChI is InChI=1S/C17H17FN4S/c1-21-6-5-13-14(9-21)23-17-15(13)16(19)22(10-20-17)8-11-3-2-4-12(18)7-11/h2-4,7,10,19H,5-6,8-9H2,1H3. The van der Waals surface area contributed by atoms with E-state index in [0.717, 1.165) is 35.3 Å². The molecule has 6 heteroatoms. The van der Waals surface area contributed by atoms with Crippen molar-refractivity contribution in [3.63, 3.8) is 0 Å². The Morgan fingerprint density at radius 2 is 2.26 bits per heavy atom. The van der Waals surface area contributed by atoms with E-state index in [9.17, 15) is 4.39 Å².